The van der Waals surface area contributed by atoms with Crippen LogP contribution in [-0.2, 0) is 22.5 Å². The SMILES string of the molecule is COc1cc2c(cc1OC)CN(C(=O)CN1CCOCC1)CC2. The van der Waals surface area contributed by atoms with Crippen molar-refractivity contribution < 1.29 is 19.0 Å². The molecule has 2 aliphatic rings. The Hall–Kier alpha value is -1.79. The van der Waals surface area contributed by atoms with Gasteiger partial charge in [0.05, 0.1) is 34.0 Å². The predicted molar refractivity (Wildman–Crippen MR) is 85.9 cm³/mol. The number of carbonyl (C=O) groups is 1. The van der Waals surface area contributed by atoms with Gasteiger partial charge in [0.1, 0.15) is 0 Å². The van der Waals surface area contributed by atoms with E-state index in [0.29, 0.717) is 32.1 Å². The number of nitrogens with zero attached hydrogens (tertiary/aromatic N) is 2. The van der Waals surface area contributed by atoms with Gasteiger partial charge in [0.15, 0.2) is 11.5 Å². The Morgan fingerprint density at radius 1 is 1.09 bits per heavy atom. The standard InChI is InChI=1S/C17H24N2O4/c1-21-15-9-13-3-4-19(11-14(13)10-16(15)22-2)17(20)12-18-5-7-23-8-6-18/h9-10H,3-8,11-12H2,1-2H3. The van der Waals surface area contributed by atoms with E-state index in [1.807, 2.05) is 17.0 Å². The van der Waals surface area contributed by atoms with E-state index in [2.05, 4.69) is 4.90 Å². The van der Waals surface area contributed by atoms with Gasteiger partial charge in [-0.3, -0.25) is 9.69 Å². The third kappa shape index (κ3) is 3.59. The Labute approximate surface area is 136 Å². The van der Waals surface area contributed by atoms with Gasteiger partial charge in [-0.1, -0.05) is 0 Å². The van der Waals surface area contributed by atoms with Crippen LogP contribution in [0.4, 0.5) is 0 Å². The van der Waals surface area contributed by atoms with Crippen molar-refractivity contribution in [2.45, 2.75) is 13.0 Å². The van der Waals surface area contributed by atoms with E-state index < -0.39 is 0 Å². The second kappa shape index (κ2) is 7.19. The van der Waals surface area contributed by atoms with Crippen molar-refractivity contribution in [1.82, 2.24) is 9.80 Å². The fourth-order valence-electron chi connectivity index (χ4n) is 3.15. The van der Waals surface area contributed by atoms with Crippen LogP contribution in [0.2, 0.25) is 0 Å². The summed E-state index contributed by atoms with van der Waals surface area (Å²) in [6, 6.07) is 4.01. The van der Waals surface area contributed by atoms with Gasteiger partial charge in [-0.05, 0) is 29.7 Å². The smallest absolute Gasteiger partial charge is 0.237 e. The third-order valence-corrected chi connectivity index (χ3v) is 4.53. The van der Waals surface area contributed by atoms with E-state index in [4.69, 9.17) is 14.2 Å². The van der Waals surface area contributed by atoms with E-state index in [9.17, 15) is 4.79 Å². The lowest BCUT2D eigenvalue weighted by Crippen LogP contribution is -2.46. The summed E-state index contributed by atoms with van der Waals surface area (Å²) in [5.41, 5.74) is 2.38. The lowest BCUT2D eigenvalue weighted by Gasteiger charge is -2.32. The van der Waals surface area contributed by atoms with Crippen LogP contribution in [0.25, 0.3) is 0 Å². The number of benzene rings is 1. The lowest BCUT2D eigenvalue weighted by atomic mass is 9.98. The average Bonchev–Trinajstić information content (AvgIpc) is 2.60. The molecule has 0 radical (unpaired) electrons. The minimum atomic E-state index is 0.187. The molecule has 0 bridgehead atoms. The minimum Gasteiger partial charge on any atom is -0.493 e. The summed E-state index contributed by atoms with van der Waals surface area (Å²) in [4.78, 5) is 16.6. The Morgan fingerprint density at radius 3 is 2.39 bits per heavy atom. The molecule has 3 rings (SSSR count). The van der Waals surface area contributed by atoms with Crippen molar-refractivity contribution in [2.75, 3.05) is 53.6 Å². The van der Waals surface area contributed by atoms with Gasteiger partial charge >= 0.3 is 0 Å². The lowest BCUT2D eigenvalue weighted by molar-refractivity contribution is -0.134. The molecule has 1 saturated heterocycles. The predicted octanol–water partition coefficient (Wildman–Crippen LogP) is 0.921. The van der Waals surface area contributed by atoms with Gasteiger partial charge in [0, 0.05) is 26.2 Å². The van der Waals surface area contributed by atoms with Crippen LogP contribution >= 0.6 is 0 Å². The molecule has 2 heterocycles. The van der Waals surface area contributed by atoms with Crippen molar-refractivity contribution in [1.29, 1.82) is 0 Å². The summed E-state index contributed by atoms with van der Waals surface area (Å²) in [5, 5.41) is 0. The summed E-state index contributed by atoms with van der Waals surface area (Å²) in [7, 11) is 3.28. The first-order valence-electron chi connectivity index (χ1n) is 8.03. The summed E-state index contributed by atoms with van der Waals surface area (Å²) in [5.74, 6) is 1.65. The molecule has 23 heavy (non-hydrogen) atoms. The summed E-state index contributed by atoms with van der Waals surface area (Å²) >= 11 is 0. The second-order valence-corrected chi connectivity index (χ2v) is 5.93. The number of amides is 1. The molecule has 0 N–H and O–H groups in total. The fourth-order valence-corrected chi connectivity index (χ4v) is 3.15. The van der Waals surface area contributed by atoms with E-state index >= 15 is 0 Å². The number of methoxy groups -OCH3 is 2. The van der Waals surface area contributed by atoms with E-state index in [1.54, 1.807) is 14.2 Å². The molecule has 0 aromatic heterocycles. The highest BCUT2D eigenvalue weighted by atomic mass is 16.5. The highest BCUT2D eigenvalue weighted by Gasteiger charge is 2.24. The number of rotatable bonds is 4. The van der Waals surface area contributed by atoms with Crippen molar-refractivity contribution in [3.05, 3.63) is 23.3 Å². The Morgan fingerprint density at radius 2 is 1.74 bits per heavy atom. The minimum absolute atomic E-state index is 0.187. The highest BCUT2D eigenvalue weighted by molar-refractivity contribution is 5.78. The molecule has 0 saturated carbocycles. The first kappa shape index (κ1) is 16.1. The van der Waals surface area contributed by atoms with Gasteiger partial charge in [0.2, 0.25) is 5.91 Å². The molecule has 0 spiro atoms. The normalized spacial score (nSPS) is 18.4. The molecule has 0 atom stereocenters. The Bertz CT molecular complexity index is 570. The summed E-state index contributed by atoms with van der Waals surface area (Å²) in [6.07, 6.45) is 0.852. The molecule has 1 aromatic carbocycles. The first-order valence-corrected chi connectivity index (χ1v) is 8.03. The zero-order chi connectivity index (χ0) is 16.2. The maximum absolute atomic E-state index is 12.5. The number of hydrogen-bond donors (Lipinski definition) is 0. The topological polar surface area (TPSA) is 51.2 Å². The average molecular weight is 320 g/mol. The molecular formula is C17H24N2O4. The van der Waals surface area contributed by atoms with Crippen LogP contribution in [0.3, 0.4) is 0 Å². The van der Waals surface area contributed by atoms with Crippen molar-refractivity contribution in [3.63, 3.8) is 0 Å². The number of fused-ring (bicyclic) bond motifs is 1. The van der Waals surface area contributed by atoms with Gasteiger partial charge in [-0.25, -0.2) is 0 Å². The van der Waals surface area contributed by atoms with Crippen molar-refractivity contribution >= 4 is 5.91 Å². The number of hydrogen-bond acceptors (Lipinski definition) is 5. The maximum atomic E-state index is 12.5. The van der Waals surface area contributed by atoms with E-state index in [1.165, 1.54) is 5.56 Å². The monoisotopic (exact) mass is 320 g/mol. The molecule has 1 aromatic rings. The quantitative estimate of drug-likeness (QED) is 0.826. The molecule has 1 amide bonds. The van der Waals surface area contributed by atoms with Gasteiger partial charge in [-0.15, -0.1) is 0 Å². The first-order chi connectivity index (χ1) is 11.2. The van der Waals surface area contributed by atoms with Crippen LogP contribution in [-0.4, -0.2) is 69.3 Å². The molecule has 6 heteroatoms. The van der Waals surface area contributed by atoms with Crippen LogP contribution in [0.1, 0.15) is 11.1 Å². The van der Waals surface area contributed by atoms with Crippen LogP contribution in [0, 0.1) is 0 Å². The number of carbonyl (C=O) groups excluding carboxylic acids is 1. The highest BCUT2D eigenvalue weighted by Crippen LogP contribution is 2.33. The van der Waals surface area contributed by atoms with Crippen LogP contribution < -0.4 is 9.47 Å². The Kier molecular flexibility index (Phi) is 5.03. The summed E-state index contributed by atoms with van der Waals surface area (Å²) < 4.78 is 16.1. The molecule has 126 valence electrons. The zero-order valence-electron chi connectivity index (χ0n) is 13.8. The van der Waals surface area contributed by atoms with Gasteiger partial charge in [-0.2, -0.15) is 0 Å². The molecule has 0 unspecified atom stereocenters. The van der Waals surface area contributed by atoms with Crippen LogP contribution in [0.5, 0.6) is 11.5 Å². The Balaban J connectivity index is 1.68. The van der Waals surface area contributed by atoms with Gasteiger partial charge in [0.25, 0.3) is 0 Å². The molecule has 2 aliphatic heterocycles. The van der Waals surface area contributed by atoms with E-state index in [0.717, 1.165) is 37.4 Å². The fraction of sp³-hybridized carbons (Fsp3) is 0.588. The summed E-state index contributed by atoms with van der Waals surface area (Å²) in [6.45, 7) is 4.97. The molecule has 6 nitrogen and oxygen atoms in total. The third-order valence-electron chi connectivity index (χ3n) is 4.53. The van der Waals surface area contributed by atoms with E-state index in [-0.39, 0.29) is 5.91 Å². The van der Waals surface area contributed by atoms with Crippen LogP contribution in [0.15, 0.2) is 12.1 Å². The second-order valence-electron chi connectivity index (χ2n) is 5.93. The molecule has 0 aliphatic carbocycles. The number of morpholine rings is 1. The zero-order valence-corrected chi connectivity index (χ0v) is 13.8. The maximum Gasteiger partial charge on any atom is 0.237 e. The number of ether oxygens (including phenoxy) is 3. The molecule has 1 fully saturated rings. The van der Waals surface area contributed by atoms with Gasteiger partial charge < -0.3 is 19.1 Å². The van der Waals surface area contributed by atoms with Crippen molar-refractivity contribution in [3.8, 4) is 11.5 Å². The molecular weight excluding hydrogens is 296 g/mol. The van der Waals surface area contributed by atoms with Crippen molar-refractivity contribution in [2.24, 2.45) is 0 Å². The largest absolute Gasteiger partial charge is 0.493 e.